The van der Waals surface area contributed by atoms with Crippen LogP contribution in [0.4, 0.5) is 0 Å². The van der Waals surface area contributed by atoms with E-state index in [0.29, 0.717) is 18.8 Å². The number of hydrogen-bond donors (Lipinski definition) is 0. The summed E-state index contributed by atoms with van der Waals surface area (Å²) >= 11 is 0. The Morgan fingerprint density at radius 1 is 1.04 bits per heavy atom. The van der Waals surface area contributed by atoms with Crippen molar-refractivity contribution in [2.24, 2.45) is 5.92 Å². The van der Waals surface area contributed by atoms with E-state index in [2.05, 4.69) is 29.2 Å². The van der Waals surface area contributed by atoms with Crippen LogP contribution < -0.4 is 0 Å². The van der Waals surface area contributed by atoms with Gasteiger partial charge in [0, 0.05) is 32.0 Å². The quantitative estimate of drug-likeness (QED) is 0.812. The van der Waals surface area contributed by atoms with E-state index in [1.807, 2.05) is 43.3 Å². The molecule has 3 heteroatoms. The minimum Gasteiger partial charge on any atom is -0.367 e. The van der Waals surface area contributed by atoms with Gasteiger partial charge in [0.2, 0.25) is 0 Å². The van der Waals surface area contributed by atoms with Gasteiger partial charge in [0.1, 0.15) is 11.9 Å². The third-order valence-corrected chi connectivity index (χ3v) is 4.65. The summed E-state index contributed by atoms with van der Waals surface area (Å²) in [7, 11) is 0. The van der Waals surface area contributed by atoms with Gasteiger partial charge in [0.25, 0.3) is 0 Å². The molecule has 1 atom stereocenters. The zero-order valence-electron chi connectivity index (χ0n) is 14.2. The largest absolute Gasteiger partial charge is 0.367 e. The van der Waals surface area contributed by atoms with E-state index in [9.17, 15) is 4.79 Å². The summed E-state index contributed by atoms with van der Waals surface area (Å²) in [5, 5.41) is 0. The van der Waals surface area contributed by atoms with E-state index in [0.717, 1.165) is 19.6 Å². The average Bonchev–Trinajstić information content (AvgIpc) is 2.63. The highest BCUT2D eigenvalue weighted by Crippen LogP contribution is 2.25. The van der Waals surface area contributed by atoms with Crippen LogP contribution >= 0.6 is 0 Å². The lowest BCUT2D eigenvalue weighted by atomic mass is 9.99. The van der Waals surface area contributed by atoms with E-state index in [1.165, 1.54) is 11.1 Å². The predicted molar refractivity (Wildman–Crippen MR) is 95.9 cm³/mol. The van der Waals surface area contributed by atoms with Gasteiger partial charge in [0.15, 0.2) is 0 Å². The molecule has 0 aromatic heterocycles. The molecule has 3 rings (SSSR count). The second-order valence-electron chi connectivity index (χ2n) is 6.49. The molecular formula is C21H25NO2. The Morgan fingerprint density at radius 2 is 1.62 bits per heavy atom. The average molecular weight is 323 g/mol. The Kier molecular flexibility index (Phi) is 5.78. The van der Waals surface area contributed by atoms with Gasteiger partial charge in [-0.2, -0.15) is 0 Å². The lowest BCUT2D eigenvalue weighted by Crippen LogP contribution is -2.41. The molecule has 0 aliphatic carbocycles. The van der Waals surface area contributed by atoms with Crippen LogP contribution in [0.3, 0.4) is 0 Å². The zero-order chi connectivity index (χ0) is 16.8. The summed E-state index contributed by atoms with van der Waals surface area (Å²) in [5.74, 6) is 0.538. The van der Waals surface area contributed by atoms with E-state index in [-0.39, 0.29) is 12.0 Å². The molecule has 126 valence electrons. The Balaban J connectivity index is 1.62. The molecule has 2 aromatic rings. The molecular weight excluding hydrogens is 298 g/mol. The number of piperidine rings is 1. The SMILES string of the molecule is CC1CN(CCOC(c2ccccc2)c2ccccc2)CCC1=O. The van der Waals surface area contributed by atoms with Crippen LogP contribution in [-0.4, -0.2) is 36.9 Å². The maximum Gasteiger partial charge on any atom is 0.138 e. The molecule has 0 bridgehead atoms. The summed E-state index contributed by atoms with van der Waals surface area (Å²) in [6.45, 7) is 5.26. The fourth-order valence-corrected chi connectivity index (χ4v) is 3.24. The topological polar surface area (TPSA) is 29.5 Å². The summed E-state index contributed by atoms with van der Waals surface area (Å²) in [4.78, 5) is 14.0. The molecule has 0 radical (unpaired) electrons. The first-order chi connectivity index (χ1) is 11.7. The molecule has 2 aromatic carbocycles. The molecule has 0 saturated carbocycles. The lowest BCUT2D eigenvalue weighted by molar-refractivity contribution is -0.125. The standard InChI is InChI=1S/C21H25NO2/c1-17-16-22(13-12-20(17)23)14-15-24-21(18-8-4-2-5-9-18)19-10-6-3-7-11-19/h2-11,17,21H,12-16H2,1H3. The number of rotatable bonds is 6. The minimum absolute atomic E-state index is 0.0451. The van der Waals surface area contributed by atoms with Crippen LogP contribution in [0.1, 0.15) is 30.6 Å². The van der Waals surface area contributed by atoms with Crippen molar-refractivity contribution >= 4 is 5.78 Å². The van der Waals surface area contributed by atoms with Gasteiger partial charge in [-0.15, -0.1) is 0 Å². The van der Waals surface area contributed by atoms with Crippen molar-refractivity contribution in [3.8, 4) is 0 Å². The molecule has 0 spiro atoms. The van der Waals surface area contributed by atoms with Crippen molar-refractivity contribution in [2.75, 3.05) is 26.2 Å². The molecule has 1 aliphatic heterocycles. The highest BCUT2D eigenvalue weighted by atomic mass is 16.5. The van der Waals surface area contributed by atoms with Crippen LogP contribution in [0, 0.1) is 5.92 Å². The number of ether oxygens (including phenoxy) is 1. The molecule has 1 unspecified atom stereocenters. The number of nitrogens with zero attached hydrogens (tertiary/aromatic N) is 1. The van der Waals surface area contributed by atoms with Crippen molar-refractivity contribution in [2.45, 2.75) is 19.4 Å². The fourth-order valence-electron chi connectivity index (χ4n) is 3.24. The molecule has 0 amide bonds. The fraction of sp³-hybridized carbons (Fsp3) is 0.381. The molecule has 1 saturated heterocycles. The molecule has 1 fully saturated rings. The van der Waals surface area contributed by atoms with Crippen molar-refractivity contribution in [3.05, 3.63) is 71.8 Å². The van der Waals surface area contributed by atoms with Crippen LogP contribution in [-0.2, 0) is 9.53 Å². The molecule has 1 aliphatic rings. The van der Waals surface area contributed by atoms with E-state index < -0.39 is 0 Å². The predicted octanol–water partition coefficient (Wildman–Crippen LogP) is 3.70. The van der Waals surface area contributed by atoms with Crippen LogP contribution in [0.25, 0.3) is 0 Å². The number of likely N-dealkylation sites (tertiary alicyclic amines) is 1. The van der Waals surface area contributed by atoms with Crippen molar-refractivity contribution in [3.63, 3.8) is 0 Å². The maximum absolute atomic E-state index is 11.6. The van der Waals surface area contributed by atoms with Crippen molar-refractivity contribution < 1.29 is 9.53 Å². The van der Waals surface area contributed by atoms with Crippen LogP contribution in [0.5, 0.6) is 0 Å². The zero-order valence-corrected chi connectivity index (χ0v) is 14.2. The number of benzene rings is 2. The molecule has 1 heterocycles. The summed E-state index contributed by atoms with van der Waals surface area (Å²) in [6.07, 6.45) is 0.623. The minimum atomic E-state index is -0.0451. The Bertz CT molecular complexity index is 602. The van der Waals surface area contributed by atoms with Crippen LogP contribution in [0.2, 0.25) is 0 Å². The summed E-state index contributed by atoms with van der Waals surface area (Å²) < 4.78 is 6.25. The van der Waals surface area contributed by atoms with Crippen LogP contribution in [0.15, 0.2) is 60.7 Å². The van der Waals surface area contributed by atoms with Crippen molar-refractivity contribution in [1.82, 2.24) is 4.90 Å². The third-order valence-electron chi connectivity index (χ3n) is 4.65. The normalized spacial score (nSPS) is 18.9. The van der Waals surface area contributed by atoms with Gasteiger partial charge in [-0.3, -0.25) is 9.69 Å². The first-order valence-electron chi connectivity index (χ1n) is 8.70. The summed E-state index contributed by atoms with van der Waals surface area (Å²) in [5.41, 5.74) is 2.34. The van der Waals surface area contributed by atoms with Crippen molar-refractivity contribution in [1.29, 1.82) is 0 Å². The second kappa shape index (κ2) is 8.22. The van der Waals surface area contributed by atoms with Gasteiger partial charge < -0.3 is 4.74 Å². The molecule has 24 heavy (non-hydrogen) atoms. The lowest BCUT2D eigenvalue weighted by Gasteiger charge is -2.30. The third kappa shape index (κ3) is 4.31. The smallest absolute Gasteiger partial charge is 0.138 e. The monoisotopic (exact) mass is 323 g/mol. The van der Waals surface area contributed by atoms with Gasteiger partial charge >= 0.3 is 0 Å². The maximum atomic E-state index is 11.6. The number of hydrogen-bond acceptors (Lipinski definition) is 3. The number of carbonyl (C=O) groups excluding carboxylic acids is 1. The summed E-state index contributed by atoms with van der Waals surface area (Å²) in [6, 6.07) is 20.7. The Morgan fingerprint density at radius 3 is 2.17 bits per heavy atom. The Hall–Kier alpha value is -1.97. The van der Waals surface area contributed by atoms with E-state index >= 15 is 0 Å². The number of carbonyl (C=O) groups is 1. The van der Waals surface area contributed by atoms with E-state index in [1.54, 1.807) is 0 Å². The highest BCUT2D eigenvalue weighted by Gasteiger charge is 2.23. The van der Waals surface area contributed by atoms with E-state index in [4.69, 9.17) is 4.74 Å². The number of Topliss-reactive ketones (excluding diaryl/α,β-unsaturated/α-hetero) is 1. The van der Waals surface area contributed by atoms with Gasteiger partial charge in [-0.05, 0) is 11.1 Å². The first kappa shape index (κ1) is 16.9. The highest BCUT2D eigenvalue weighted by molar-refractivity contribution is 5.81. The number of ketones is 1. The Labute approximate surface area is 144 Å². The second-order valence-corrected chi connectivity index (χ2v) is 6.49. The van der Waals surface area contributed by atoms with Gasteiger partial charge in [-0.1, -0.05) is 67.6 Å². The first-order valence-corrected chi connectivity index (χ1v) is 8.70. The van der Waals surface area contributed by atoms with Gasteiger partial charge in [0.05, 0.1) is 6.61 Å². The van der Waals surface area contributed by atoms with Gasteiger partial charge in [-0.25, -0.2) is 0 Å². The molecule has 3 nitrogen and oxygen atoms in total. The molecule has 0 N–H and O–H groups in total.